The average Bonchev–Trinajstić information content (AvgIpc) is 2.65. The first-order valence-corrected chi connectivity index (χ1v) is 9.81. The Hall–Kier alpha value is -2.15. The summed E-state index contributed by atoms with van der Waals surface area (Å²) in [5, 5.41) is 6.87. The van der Waals surface area contributed by atoms with E-state index in [-0.39, 0.29) is 12.5 Å². The van der Waals surface area contributed by atoms with Crippen molar-refractivity contribution in [2.45, 2.75) is 39.3 Å². The molecule has 0 aliphatic carbocycles. The van der Waals surface area contributed by atoms with Crippen molar-refractivity contribution in [2.24, 2.45) is 10.9 Å². The smallest absolute Gasteiger partial charge is 0.243 e. The van der Waals surface area contributed by atoms with Crippen LogP contribution in [0, 0.1) is 5.92 Å². The number of piperidine rings is 1. The van der Waals surface area contributed by atoms with E-state index in [4.69, 9.17) is 0 Å². The van der Waals surface area contributed by atoms with Crippen LogP contribution in [0.2, 0.25) is 0 Å². The van der Waals surface area contributed by atoms with Crippen LogP contribution < -0.4 is 10.6 Å². The largest absolute Gasteiger partial charge is 0.356 e. The fourth-order valence-electron chi connectivity index (χ4n) is 2.89. The molecule has 1 amide bonds. The molecule has 7 nitrogen and oxygen atoms in total. The highest BCUT2D eigenvalue weighted by atomic mass is 16.2. The molecule has 27 heavy (non-hydrogen) atoms. The van der Waals surface area contributed by atoms with E-state index < -0.39 is 0 Å². The number of pyridine rings is 1. The van der Waals surface area contributed by atoms with Crippen LogP contribution >= 0.6 is 0 Å². The van der Waals surface area contributed by atoms with Gasteiger partial charge in [0.1, 0.15) is 6.54 Å². The summed E-state index contributed by atoms with van der Waals surface area (Å²) in [4.78, 5) is 24.7. The van der Waals surface area contributed by atoms with Crippen molar-refractivity contribution in [3.05, 3.63) is 30.1 Å². The lowest BCUT2D eigenvalue weighted by atomic mass is 10.0. The van der Waals surface area contributed by atoms with Crippen LogP contribution in [0.4, 0.5) is 0 Å². The minimum absolute atomic E-state index is 0.00540. The number of likely N-dealkylation sites (tertiary alicyclic amines) is 1. The van der Waals surface area contributed by atoms with Crippen molar-refractivity contribution in [1.82, 2.24) is 25.4 Å². The average molecular weight is 375 g/mol. The van der Waals surface area contributed by atoms with Gasteiger partial charge in [0.2, 0.25) is 5.91 Å². The molecule has 150 valence electrons. The lowest BCUT2D eigenvalue weighted by molar-refractivity contribution is -0.127. The van der Waals surface area contributed by atoms with Gasteiger partial charge in [-0.15, -0.1) is 0 Å². The van der Waals surface area contributed by atoms with Crippen molar-refractivity contribution >= 4 is 11.9 Å². The van der Waals surface area contributed by atoms with Gasteiger partial charge in [-0.3, -0.25) is 14.7 Å². The van der Waals surface area contributed by atoms with Crippen molar-refractivity contribution in [2.75, 3.05) is 40.3 Å². The van der Waals surface area contributed by atoms with E-state index in [1.165, 1.54) is 0 Å². The number of nitrogens with zero attached hydrogens (tertiary/aromatic N) is 4. The predicted molar refractivity (Wildman–Crippen MR) is 110 cm³/mol. The van der Waals surface area contributed by atoms with E-state index in [0.717, 1.165) is 50.7 Å². The van der Waals surface area contributed by atoms with Crippen molar-refractivity contribution in [3.63, 3.8) is 0 Å². The molecule has 1 aliphatic heterocycles. The maximum Gasteiger partial charge on any atom is 0.243 e. The van der Waals surface area contributed by atoms with Gasteiger partial charge in [0, 0.05) is 52.5 Å². The summed E-state index contributed by atoms with van der Waals surface area (Å²) in [6.07, 6.45) is 3.95. The third-order valence-corrected chi connectivity index (χ3v) is 4.59. The molecular weight excluding hydrogens is 340 g/mol. The molecule has 2 heterocycles. The first-order valence-electron chi connectivity index (χ1n) is 9.81. The summed E-state index contributed by atoms with van der Waals surface area (Å²) in [6.45, 7) is 8.28. The molecule has 7 heteroatoms. The number of rotatable bonds is 7. The normalized spacial score (nSPS) is 16.4. The second-order valence-electron chi connectivity index (χ2n) is 7.74. The first-order chi connectivity index (χ1) is 12.9. The van der Waals surface area contributed by atoms with Gasteiger partial charge in [0.05, 0.1) is 5.69 Å². The van der Waals surface area contributed by atoms with E-state index in [0.29, 0.717) is 12.0 Å². The van der Waals surface area contributed by atoms with Gasteiger partial charge in [-0.2, -0.15) is 0 Å². The molecule has 0 spiro atoms. The fraction of sp³-hybridized carbons (Fsp3) is 0.650. The number of hydrogen-bond donors (Lipinski definition) is 2. The number of nitrogens with one attached hydrogen (secondary N) is 2. The van der Waals surface area contributed by atoms with Gasteiger partial charge in [0.25, 0.3) is 0 Å². The monoisotopic (exact) mass is 374 g/mol. The van der Waals surface area contributed by atoms with Gasteiger partial charge in [-0.1, -0.05) is 19.9 Å². The second kappa shape index (κ2) is 10.9. The number of carbonyl (C=O) groups is 1. The number of hydrogen-bond acceptors (Lipinski definition) is 4. The number of likely N-dealkylation sites (N-methyl/N-ethyl adjacent to an activating group) is 1. The predicted octanol–water partition coefficient (Wildman–Crippen LogP) is 1.33. The molecule has 2 rings (SSSR count). The van der Waals surface area contributed by atoms with Crippen molar-refractivity contribution in [3.8, 4) is 0 Å². The van der Waals surface area contributed by atoms with Gasteiger partial charge >= 0.3 is 0 Å². The zero-order valence-electron chi connectivity index (χ0n) is 17.1. The SMILES string of the molecule is CC(C)CNC(=NCC(=O)N(C)C)NC1CCN(Cc2ccccn2)CC1. The highest BCUT2D eigenvalue weighted by Gasteiger charge is 2.20. The van der Waals surface area contributed by atoms with Crippen molar-refractivity contribution in [1.29, 1.82) is 0 Å². The molecule has 1 aromatic rings. The standard InChI is InChI=1S/C20H34N6O/c1-16(2)13-22-20(23-14-19(27)25(3)4)24-17-8-11-26(12-9-17)15-18-7-5-6-10-21-18/h5-7,10,16-17H,8-9,11-15H2,1-4H3,(H2,22,23,24). The molecule has 0 unspecified atom stereocenters. The molecular formula is C20H34N6O. The molecule has 1 aliphatic rings. The Morgan fingerprint density at radius 1 is 1.33 bits per heavy atom. The highest BCUT2D eigenvalue weighted by Crippen LogP contribution is 2.13. The summed E-state index contributed by atoms with van der Waals surface area (Å²) >= 11 is 0. The maximum atomic E-state index is 11.8. The van der Waals surface area contributed by atoms with E-state index >= 15 is 0 Å². The van der Waals surface area contributed by atoms with Crippen LogP contribution in [0.1, 0.15) is 32.4 Å². The fourth-order valence-corrected chi connectivity index (χ4v) is 2.89. The number of guanidine groups is 1. The van der Waals surface area contributed by atoms with Crippen LogP contribution in [-0.4, -0.2) is 73.0 Å². The molecule has 0 atom stereocenters. The third-order valence-electron chi connectivity index (χ3n) is 4.59. The summed E-state index contributed by atoms with van der Waals surface area (Å²) in [6, 6.07) is 6.44. The van der Waals surface area contributed by atoms with Crippen LogP contribution in [0.25, 0.3) is 0 Å². The molecule has 2 N–H and O–H groups in total. The van der Waals surface area contributed by atoms with Crippen LogP contribution in [-0.2, 0) is 11.3 Å². The topological polar surface area (TPSA) is 72.9 Å². The number of carbonyl (C=O) groups excluding carboxylic acids is 1. The maximum absolute atomic E-state index is 11.8. The summed E-state index contributed by atoms with van der Waals surface area (Å²) in [7, 11) is 3.51. The van der Waals surface area contributed by atoms with E-state index in [9.17, 15) is 4.79 Å². The minimum atomic E-state index is 0.00540. The Morgan fingerprint density at radius 3 is 2.67 bits per heavy atom. The van der Waals surface area contributed by atoms with Crippen LogP contribution in [0.5, 0.6) is 0 Å². The van der Waals surface area contributed by atoms with Crippen molar-refractivity contribution < 1.29 is 4.79 Å². The number of aromatic nitrogens is 1. The van der Waals surface area contributed by atoms with Gasteiger partial charge in [-0.25, -0.2) is 4.99 Å². The Kier molecular flexibility index (Phi) is 8.51. The minimum Gasteiger partial charge on any atom is -0.356 e. The van der Waals surface area contributed by atoms with Gasteiger partial charge in [0.15, 0.2) is 5.96 Å². The molecule has 0 aromatic carbocycles. The zero-order chi connectivity index (χ0) is 19.6. The number of aliphatic imine (C=N–C) groups is 1. The highest BCUT2D eigenvalue weighted by molar-refractivity contribution is 5.84. The second-order valence-corrected chi connectivity index (χ2v) is 7.74. The Bertz CT molecular complexity index is 594. The van der Waals surface area contributed by atoms with Gasteiger partial charge < -0.3 is 15.5 Å². The first kappa shape index (κ1) is 21.2. The molecule has 1 fully saturated rings. The van der Waals surface area contributed by atoms with Gasteiger partial charge in [-0.05, 0) is 30.9 Å². The number of amides is 1. The molecule has 0 bridgehead atoms. The molecule has 1 saturated heterocycles. The van der Waals surface area contributed by atoms with E-state index in [2.05, 4.69) is 45.4 Å². The Morgan fingerprint density at radius 2 is 2.07 bits per heavy atom. The van der Waals surface area contributed by atoms with Crippen LogP contribution in [0.15, 0.2) is 29.4 Å². The zero-order valence-corrected chi connectivity index (χ0v) is 17.1. The summed E-state index contributed by atoms with van der Waals surface area (Å²) in [5.74, 6) is 1.26. The lowest BCUT2D eigenvalue weighted by Crippen LogP contribution is -2.49. The quantitative estimate of drug-likeness (QED) is 0.556. The summed E-state index contributed by atoms with van der Waals surface area (Å²) in [5.41, 5.74) is 1.12. The molecule has 0 radical (unpaired) electrons. The lowest BCUT2D eigenvalue weighted by Gasteiger charge is -2.33. The molecule has 1 aromatic heterocycles. The Balaban J connectivity index is 1.84. The van der Waals surface area contributed by atoms with E-state index in [1.807, 2.05) is 18.3 Å². The Labute approximate surface area is 163 Å². The summed E-state index contributed by atoms with van der Waals surface area (Å²) < 4.78 is 0. The third kappa shape index (κ3) is 7.95. The van der Waals surface area contributed by atoms with E-state index in [1.54, 1.807) is 19.0 Å². The molecule has 0 saturated carbocycles. The van der Waals surface area contributed by atoms with Crippen LogP contribution in [0.3, 0.4) is 0 Å².